The van der Waals surface area contributed by atoms with Crippen LogP contribution in [0.2, 0.25) is 0 Å². The van der Waals surface area contributed by atoms with Crippen LogP contribution in [-0.2, 0) is 38.0 Å². The molecule has 3 heterocycles. The van der Waals surface area contributed by atoms with Gasteiger partial charge in [0.05, 0.1) is 24.9 Å². The summed E-state index contributed by atoms with van der Waals surface area (Å²) in [7, 11) is 0. The standard InChI is InChI=1S/C47H80O17/c1-20(2)10-9-11-21(3)30-40(60-24(6)49)41(63-43-38(56)35(53)32(50)22(4)58-43)31-27-13-12-25-18-26(14-16-46(25,7)28(27)15-17-47(30,31)8)61-45-42(37(55)34(52)29(19-48)62-45)64-44-39(57)36(54)33(51)23(5)59-44/h20-23,25-45,48,50-57H,9-19H2,1-8H3. The number of fused-ring (bicyclic) bond motifs is 5. The third-order valence-electron chi connectivity index (χ3n) is 17.4. The number of esters is 1. The number of carbonyl (C=O) groups excluding carboxylic acids is 1. The number of carbonyl (C=O) groups is 1. The van der Waals surface area contributed by atoms with E-state index in [1.54, 1.807) is 6.92 Å². The Labute approximate surface area is 378 Å². The molecule has 4 aliphatic carbocycles. The molecule has 0 amide bonds. The Hall–Kier alpha value is -1.13. The molecule has 17 heteroatoms. The highest BCUT2D eigenvalue weighted by Crippen LogP contribution is 2.69. The summed E-state index contributed by atoms with van der Waals surface area (Å²) in [5, 5.41) is 96.3. The lowest BCUT2D eigenvalue weighted by molar-refractivity contribution is -0.371. The molecule has 26 atom stereocenters. The summed E-state index contributed by atoms with van der Waals surface area (Å²) in [5.74, 6) is 0.879. The number of rotatable bonds is 13. The molecule has 0 spiro atoms. The summed E-state index contributed by atoms with van der Waals surface area (Å²) >= 11 is 0. The molecule has 3 aliphatic heterocycles. The van der Waals surface area contributed by atoms with Crippen molar-refractivity contribution in [1.29, 1.82) is 0 Å². The second kappa shape index (κ2) is 20.1. The molecule has 0 aromatic heterocycles. The third-order valence-corrected chi connectivity index (χ3v) is 17.4. The molecule has 9 N–H and O–H groups in total. The average Bonchev–Trinajstić information content (AvgIpc) is 3.48. The molecule has 0 aromatic carbocycles. The average molecular weight is 917 g/mol. The molecule has 64 heavy (non-hydrogen) atoms. The van der Waals surface area contributed by atoms with Gasteiger partial charge in [-0.1, -0.05) is 53.9 Å². The van der Waals surface area contributed by atoms with Crippen molar-refractivity contribution in [1.82, 2.24) is 0 Å². The van der Waals surface area contributed by atoms with Crippen LogP contribution in [0, 0.1) is 52.3 Å². The first kappa shape index (κ1) is 50.7. The quantitative estimate of drug-likeness (QED) is 0.0937. The van der Waals surface area contributed by atoms with Crippen LogP contribution < -0.4 is 0 Å². The minimum atomic E-state index is -1.67. The summed E-state index contributed by atoms with van der Waals surface area (Å²) in [4.78, 5) is 13.0. The minimum Gasteiger partial charge on any atom is -0.459 e. The summed E-state index contributed by atoms with van der Waals surface area (Å²) in [6, 6.07) is 0. The summed E-state index contributed by atoms with van der Waals surface area (Å²) < 4.78 is 43.6. The zero-order valence-corrected chi connectivity index (χ0v) is 39.0. The number of hydrogen-bond donors (Lipinski definition) is 9. The maximum atomic E-state index is 13.0. The van der Waals surface area contributed by atoms with Crippen LogP contribution in [-0.4, -0.2) is 169 Å². The predicted molar refractivity (Wildman–Crippen MR) is 226 cm³/mol. The van der Waals surface area contributed by atoms with Crippen molar-refractivity contribution in [2.45, 2.75) is 230 Å². The maximum Gasteiger partial charge on any atom is 0.303 e. The van der Waals surface area contributed by atoms with Crippen molar-refractivity contribution in [2.24, 2.45) is 52.3 Å². The molecule has 0 aromatic rings. The molecule has 0 bridgehead atoms. The number of aliphatic hydroxyl groups is 9. The zero-order valence-electron chi connectivity index (χ0n) is 39.0. The van der Waals surface area contributed by atoms with Gasteiger partial charge in [0, 0.05) is 12.8 Å². The lowest BCUT2D eigenvalue weighted by Crippen LogP contribution is -2.64. The van der Waals surface area contributed by atoms with E-state index in [0.29, 0.717) is 18.8 Å². The summed E-state index contributed by atoms with van der Waals surface area (Å²) in [6.45, 7) is 15.4. The van der Waals surface area contributed by atoms with E-state index in [2.05, 4.69) is 34.6 Å². The normalized spacial score (nSPS) is 52.4. The number of ether oxygens (including phenoxy) is 7. The number of hydrogen-bond acceptors (Lipinski definition) is 17. The van der Waals surface area contributed by atoms with Gasteiger partial charge in [-0.25, -0.2) is 0 Å². The lowest BCUT2D eigenvalue weighted by Gasteiger charge is -2.61. The first-order valence-electron chi connectivity index (χ1n) is 24.3. The Balaban J connectivity index is 1.13. The molecule has 370 valence electrons. The molecule has 0 radical (unpaired) electrons. The van der Waals surface area contributed by atoms with Crippen LogP contribution in [0.3, 0.4) is 0 Å². The molecule has 7 rings (SSSR count). The molecule has 3 saturated heterocycles. The van der Waals surface area contributed by atoms with E-state index in [-0.39, 0.29) is 52.4 Å². The van der Waals surface area contributed by atoms with Crippen LogP contribution >= 0.6 is 0 Å². The van der Waals surface area contributed by atoms with E-state index in [1.165, 1.54) is 13.8 Å². The monoisotopic (exact) mass is 917 g/mol. The molecule has 26 unspecified atom stereocenters. The van der Waals surface area contributed by atoms with Crippen molar-refractivity contribution in [3.63, 3.8) is 0 Å². The minimum absolute atomic E-state index is 0.0400. The van der Waals surface area contributed by atoms with Gasteiger partial charge in [0.2, 0.25) is 0 Å². The molecular weight excluding hydrogens is 836 g/mol. The fourth-order valence-corrected chi connectivity index (χ4v) is 14.0. The Morgan fingerprint density at radius 2 is 1.25 bits per heavy atom. The van der Waals surface area contributed by atoms with E-state index in [0.717, 1.165) is 51.4 Å². The van der Waals surface area contributed by atoms with Crippen molar-refractivity contribution in [2.75, 3.05) is 6.61 Å². The first-order chi connectivity index (χ1) is 30.1. The smallest absolute Gasteiger partial charge is 0.303 e. The van der Waals surface area contributed by atoms with Gasteiger partial charge in [-0.2, -0.15) is 0 Å². The van der Waals surface area contributed by atoms with Gasteiger partial charge in [0.25, 0.3) is 0 Å². The maximum absolute atomic E-state index is 13.0. The van der Waals surface area contributed by atoms with Crippen molar-refractivity contribution >= 4 is 5.97 Å². The van der Waals surface area contributed by atoms with Gasteiger partial charge >= 0.3 is 5.97 Å². The first-order valence-corrected chi connectivity index (χ1v) is 24.3. The van der Waals surface area contributed by atoms with Gasteiger partial charge in [-0.05, 0) is 105 Å². The van der Waals surface area contributed by atoms with Gasteiger partial charge in [-0.15, -0.1) is 0 Å². The van der Waals surface area contributed by atoms with Crippen LogP contribution in [0.15, 0.2) is 0 Å². The van der Waals surface area contributed by atoms with Crippen molar-refractivity contribution < 1.29 is 83.9 Å². The summed E-state index contributed by atoms with van der Waals surface area (Å²) in [5.41, 5.74) is -0.415. The van der Waals surface area contributed by atoms with Crippen molar-refractivity contribution in [3.05, 3.63) is 0 Å². The van der Waals surface area contributed by atoms with Crippen molar-refractivity contribution in [3.8, 4) is 0 Å². The third kappa shape index (κ3) is 9.46. The molecule has 17 nitrogen and oxygen atoms in total. The van der Waals surface area contributed by atoms with E-state index in [4.69, 9.17) is 33.2 Å². The highest BCUT2D eigenvalue weighted by Gasteiger charge is 2.69. The molecule has 7 fully saturated rings. The largest absolute Gasteiger partial charge is 0.459 e. The van der Waals surface area contributed by atoms with Gasteiger partial charge in [0.15, 0.2) is 18.9 Å². The van der Waals surface area contributed by atoms with Gasteiger partial charge < -0.3 is 79.1 Å². The Kier molecular flexibility index (Phi) is 15.9. The Morgan fingerprint density at radius 1 is 0.656 bits per heavy atom. The molecular formula is C47H80O17. The Morgan fingerprint density at radius 3 is 1.83 bits per heavy atom. The van der Waals surface area contributed by atoms with Gasteiger partial charge in [-0.3, -0.25) is 4.79 Å². The number of aliphatic hydroxyl groups excluding tert-OH is 9. The SMILES string of the molecule is CC(=O)OC1C(OC2OC(C)C(O)C(O)C2O)C2C3CCC4CC(OC5OC(CO)C(O)C(O)C5OC5OC(C)C(O)C(O)C5O)CCC4(C)C3CCC2(C)C1C(C)CCCC(C)C. The predicted octanol–water partition coefficient (Wildman–Crippen LogP) is 1.51. The topological polar surface area (TPSA) is 264 Å². The highest BCUT2D eigenvalue weighted by atomic mass is 16.8. The van der Waals surface area contributed by atoms with E-state index >= 15 is 0 Å². The fourth-order valence-electron chi connectivity index (χ4n) is 14.0. The summed E-state index contributed by atoms with van der Waals surface area (Å²) in [6.07, 6.45) is -13.3. The van der Waals surface area contributed by atoms with Crippen LogP contribution in [0.1, 0.15) is 120 Å². The fraction of sp³-hybridized carbons (Fsp3) is 0.979. The second-order valence-electron chi connectivity index (χ2n) is 21.8. The Bertz CT molecular complexity index is 1560. The molecule has 7 aliphatic rings. The lowest BCUT2D eigenvalue weighted by atomic mass is 9.44. The second-order valence-corrected chi connectivity index (χ2v) is 21.8. The highest BCUT2D eigenvalue weighted by molar-refractivity contribution is 5.66. The van der Waals surface area contributed by atoms with Crippen LogP contribution in [0.5, 0.6) is 0 Å². The van der Waals surface area contributed by atoms with Crippen LogP contribution in [0.25, 0.3) is 0 Å². The van der Waals surface area contributed by atoms with E-state index < -0.39 is 117 Å². The molecule has 4 saturated carbocycles. The zero-order chi connectivity index (χ0) is 46.7. The van der Waals surface area contributed by atoms with E-state index in [1.807, 2.05) is 0 Å². The van der Waals surface area contributed by atoms with Crippen LogP contribution in [0.4, 0.5) is 0 Å². The van der Waals surface area contributed by atoms with E-state index in [9.17, 15) is 50.8 Å². The van der Waals surface area contributed by atoms with Gasteiger partial charge in [0.1, 0.15) is 73.2 Å².